The molecule has 3 rings (SSSR count). The van der Waals surface area contributed by atoms with Gasteiger partial charge in [0.2, 0.25) is 0 Å². The zero-order chi connectivity index (χ0) is 24.9. The highest BCUT2D eigenvalue weighted by atomic mass is 16.6. The minimum Gasteiger partial charge on any atom is -0.491 e. The molecule has 0 fully saturated rings. The first-order valence-corrected chi connectivity index (χ1v) is 11.6. The number of carbonyl (C=O) groups is 1. The maximum atomic E-state index is 13.7. The number of nitrogens with zero attached hydrogens (tertiary/aromatic N) is 5. The van der Waals surface area contributed by atoms with Gasteiger partial charge in [-0.15, -0.1) is 5.10 Å². The van der Waals surface area contributed by atoms with Crippen molar-refractivity contribution in [2.75, 3.05) is 6.61 Å². The highest BCUT2D eigenvalue weighted by molar-refractivity contribution is 5.95. The van der Waals surface area contributed by atoms with Crippen molar-refractivity contribution in [2.45, 2.75) is 73.1 Å². The lowest BCUT2D eigenvalue weighted by molar-refractivity contribution is 0.0521. The predicted octanol–water partition coefficient (Wildman–Crippen LogP) is 3.84. The van der Waals surface area contributed by atoms with E-state index in [9.17, 15) is 9.59 Å². The summed E-state index contributed by atoms with van der Waals surface area (Å²) in [6.07, 6.45) is 2.71. The molecule has 0 aliphatic heterocycles. The lowest BCUT2D eigenvalue weighted by Crippen LogP contribution is -2.35. The van der Waals surface area contributed by atoms with E-state index in [-0.39, 0.29) is 18.0 Å². The molecule has 1 amide bonds. The number of benzene rings is 1. The van der Waals surface area contributed by atoms with Gasteiger partial charge >= 0.3 is 6.09 Å². The van der Waals surface area contributed by atoms with E-state index in [2.05, 4.69) is 27.8 Å². The quantitative estimate of drug-likeness (QED) is 0.473. The summed E-state index contributed by atoms with van der Waals surface area (Å²) in [6, 6.07) is 5.41. The van der Waals surface area contributed by atoms with E-state index in [0.717, 1.165) is 12.8 Å². The molecule has 184 valence electrons. The minimum atomic E-state index is -0.640. The molecule has 0 saturated heterocycles. The Balaban J connectivity index is 2.23. The molecule has 34 heavy (non-hydrogen) atoms. The number of rotatable bonds is 9. The minimum absolute atomic E-state index is 0.0677. The van der Waals surface area contributed by atoms with Crippen LogP contribution in [-0.4, -0.2) is 43.1 Å². The third-order valence-electron chi connectivity index (χ3n) is 5.02. The van der Waals surface area contributed by atoms with Gasteiger partial charge in [-0.1, -0.05) is 33.3 Å². The van der Waals surface area contributed by atoms with E-state index < -0.39 is 11.7 Å². The lowest BCUT2D eigenvalue weighted by atomic mass is 10.1. The average Bonchev–Trinajstić information content (AvgIpc) is 3.29. The molecular weight excluding hydrogens is 436 g/mol. The number of amides is 1. The first-order valence-electron chi connectivity index (χ1n) is 11.6. The van der Waals surface area contributed by atoms with Crippen LogP contribution in [-0.2, 0) is 17.8 Å². The van der Waals surface area contributed by atoms with Crippen LogP contribution in [0, 0.1) is 5.92 Å². The van der Waals surface area contributed by atoms with Gasteiger partial charge in [0, 0.05) is 6.54 Å². The second-order valence-electron chi connectivity index (χ2n) is 9.60. The van der Waals surface area contributed by atoms with Crippen LogP contribution in [0.25, 0.3) is 16.5 Å². The molecule has 2 aromatic heterocycles. The van der Waals surface area contributed by atoms with Crippen molar-refractivity contribution in [1.82, 2.24) is 30.1 Å². The largest absolute Gasteiger partial charge is 0.491 e. The summed E-state index contributed by atoms with van der Waals surface area (Å²) in [6.45, 7) is 12.6. The van der Waals surface area contributed by atoms with Gasteiger partial charge in [0.25, 0.3) is 5.56 Å². The second kappa shape index (κ2) is 10.7. The summed E-state index contributed by atoms with van der Waals surface area (Å²) in [7, 11) is 0. The Hall–Kier alpha value is -3.43. The van der Waals surface area contributed by atoms with Crippen LogP contribution in [0.15, 0.2) is 29.3 Å². The summed E-state index contributed by atoms with van der Waals surface area (Å²) in [5, 5.41) is 15.4. The molecule has 0 unspecified atom stereocenters. The fourth-order valence-corrected chi connectivity index (χ4v) is 3.63. The zero-order valence-corrected chi connectivity index (χ0v) is 20.8. The van der Waals surface area contributed by atoms with Crippen molar-refractivity contribution in [3.8, 4) is 11.4 Å². The molecular formula is C24H34N6O4. The van der Waals surface area contributed by atoms with Gasteiger partial charge in [-0.2, -0.15) is 4.68 Å². The molecule has 1 N–H and O–H groups in total. The molecule has 0 bridgehead atoms. The van der Waals surface area contributed by atoms with E-state index >= 15 is 0 Å². The first-order chi connectivity index (χ1) is 16.1. The Morgan fingerprint density at radius 2 is 2.00 bits per heavy atom. The zero-order valence-electron chi connectivity index (χ0n) is 20.8. The van der Waals surface area contributed by atoms with Crippen LogP contribution in [0.5, 0.6) is 5.75 Å². The van der Waals surface area contributed by atoms with Gasteiger partial charge in [0.1, 0.15) is 11.9 Å². The highest BCUT2D eigenvalue weighted by Gasteiger charge is 2.23. The predicted molar refractivity (Wildman–Crippen MR) is 129 cm³/mol. The Bertz CT molecular complexity index is 1180. The number of nitrogens with one attached hydrogen (secondary N) is 1. The Morgan fingerprint density at radius 3 is 2.62 bits per heavy atom. The van der Waals surface area contributed by atoms with E-state index in [0.29, 0.717) is 41.1 Å². The molecule has 10 heteroatoms. The number of tetrazole rings is 1. The van der Waals surface area contributed by atoms with Gasteiger partial charge in [-0.05, 0) is 55.7 Å². The fraction of sp³-hybridized carbons (Fsp3) is 0.542. The number of hydrogen-bond acceptors (Lipinski definition) is 7. The molecule has 0 aliphatic rings. The van der Waals surface area contributed by atoms with Crippen LogP contribution in [0.2, 0.25) is 0 Å². The molecule has 10 nitrogen and oxygen atoms in total. The highest BCUT2D eigenvalue weighted by Crippen LogP contribution is 2.33. The normalized spacial score (nSPS) is 11.7. The molecule has 1 aromatic carbocycles. The van der Waals surface area contributed by atoms with E-state index in [4.69, 9.17) is 9.47 Å². The van der Waals surface area contributed by atoms with E-state index in [1.807, 2.05) is 19.9 Å². The van der Waals surface area contributed by atoms with Gasteiger partial charge in [-0.25, -0.2) is 4.79 Å². The Morgan fingerprint density at radius 1 is 1.24 bits per heavy atom. The van der Waals surface area contributed by atoms with E-state index in [1.54, 1.807) is 37.5 Å². The van der Waals surface area contributed by atoms with Crippen LogP contribution in [0.3, 0.4) is 0 Å². The molecule has 0 aliphatic carbocycles. The fourth-order valence-electron chi connectivity index (χ4n) is 3.63. The number of alkyl carbamates (subject to hydrolysis) is 1. The van der Waals surface area contributed by atoms with Crippen molar-refractivity contribution in [2.24, 2.45) is 5.92 Å². The van der Waals surface area contributed by atoms with Gasteiger partial charge in [0.05, 0.1) is 35.3 Å². The Kier molecular flexibility index (Phi) is 7.90. The molecule has 3 aromatic rings. The maximum Gasteiger partial charge on any atom is 0.407 e. The molecule has 0 atom stereocenters. The summed E-state index contributed by atoms with van der Waals surface area (Å²) < 4.78 is 14.9. The average molecular weight is 471 g/mol. The summed E-state index contributed by atoms with van der Waals surface area (Å²) >= 11 is 0. The maximum absolute atomic E-state index is 13.7. The van der Waals surface area contributed by atoms with Gasteiger partial charge < -0.3 is 19.4 Å². The van der Waals surface area contributed by atoms with Gasteiger partial charge in [-0.3, -0.25) is 4.79 Å². The van der Waals surface area contributed by atoms with E-state index in [1.165, 1.54) is 11.0 Å². The number of hydrogen-bond donors (Lipinski definition) is 1. The summed E-state index contributed by atoms with van der Waals surface area (Å²) in [4.78, 5) is 26.1. The molecule has 0 radical (unpaired) electrons. The number of carbonyl (C=O) groups excluding carboxylic acids is 1. The second-order valence-corrected chi connectivity index (χ2v) is 9.60. The number of aromatic nitrogens is 5. The van der Waals surface area contributed by atoms with Crippen LogP contribution in [0.4, 0.5) is 4.79 Å². The molecule has 2 heterocycles. The number of ether oxygens (including phenoxy) is 2. The van der Waals surface area contributed by atoms with Crippen molar-refractivity contribution in [3.05, 3.63) is 40.6 Å². The van der Waals surface area contributed by atoms with Crippen molar-refractivity contribution >= 4 is 16.9 Å². The van der Waals surface area contributed by atoms with Crippen LogP contribution < -0.4 is 15.6 Å². The van der Waals surface area contributed by atoms with Crippen molar-refractivity contribution < 1.29 is 14.3 Å². The summed E-state index contributed by atoms with van der Waals surface area (Å²) in [5.74, 6) is 0.729. The third kappa shape index (κ3) is 5.92. The number of unbranched alkanes of at least 4 members (excludes halogenated alkanes) is 1. The van der Waals surface area contributed by atoms with Gasteiger partial charge in [0.15, 0.2) is 5.75 Å². The number of pyridine rings is 1. The smallest absolute Gasteiger partial charge is 0.407 e. The Labute approximate surface area is 199 Å². The lowest BCUT2D eigenvalue weighted by Gasteiger charge is -2.24. The number of fused-ring (bicyclic) bond motifs is 1. The van der Waals surface area contributed by atoms with Crippen LogP contribution in [0.1, 0.15) is 60.1 Å². The first kappa shape index (κ1) is 25.2. The monoisotopic (exact) mass is 470 g/mol. The third-order valence-corrected chi connectivity index (χ3v) is 5.02. The molecule has 0 saturated carbocycles. The topological polar surface area (TPSA) is 113 Å². The molecule has 0 spiro atoms. The van der Waals surface area contributed by atoms with Crippen molar-refractivity contribution in [3.63, 3.8) is 0 Å². The summed E-state index contributed by atoms with van der Waals surface area (Å²) in [5.41, 5.74) is 0.399. The van der Waals surface area contributed by atoms with Crippen LogP contribution >= 0.6 is 0 Å². The SMILES string of the molecule is CCCCOc1c(CNC(=O)OC(C)(C)C)n(CC(C)C)c(=O)c2cccc(-n3cnnn3)c12. The van der Waals surface area contributed by atoms with Crippen molar-refractivity contribution in [1.29, 1.82) is 0 Å². The standard InChI is InChI=1S/C24H34N6O4/c1-7-8-12-33-21-19(13-25-23(32)34-24(4,5)6)29(14-16(2)3)22(31)17-10-9-11-18(20(17)21)30-15-26-27-28-30/h9-11,15-16H,7-8,12-14H2,1-6H3,(H,25,32).